The second-order valence-corrected chi connectivity index (χ2v) is 7.05. The second-order valence-electron chi connectivity index (χ2n) is 7.05. The fraction of sp³-hybridized carbons (Fsp3) is 0.500. The minimum absolute atomic E-state index is 0.503. The Labute approximate surface area is 145 Å². The van der Waals surface area contributed by atoms with Gasteiger partial charge in [0, 0.05) is 23.5 Å². The first-order valence-electron chi connectivity index (χ1n) is 9.06. The molecule has 0 spiro atoms. The van der Waals surface area contributed by atoms with Gasteiger partial charge in [-0.25, -0.2) is 4.98 Å². The molecule has 0 unspecified atom stereocenters. The van der Waals surface area contributed by atoms with Gasteiger partial charge >= 0.3 is 0 Å². The highest BCUT2D eigenvalue weighted by Gasteiger charge is 2.13. The molecule has 1 heterocycles. The van der Waals surface area contributed by atoms with Crippen LogP contribution in [0.1, 0.15) is 55.3 Å². The van der Waals surface area contributed by atoms with Gasteiger partial charge in [-0.05, 0) is 56.9 Å². The zero-order valence-corrected chi connectivity index (χ0v) is 15.0. The molecule has 0 atom stereocenters. The van der Waals surface area contributed by atoms with Gasteiger partial charge in [0.05, 0.1) is 0 Å². The Bertz CT molecular complexity index is 668. The van der Waals surface area contributed by atoms with E-state index in [4.69, 9.17) is 0 Å². The average molecular weight is 324 g/mol. The van der Waals surface area contributed by atoms with E-state index in [0.29, 0.717) is 6.04 Å². The summed E-state index contributed by atoms with van der Waals surface area (Å²) in [6.45, 7) is 6.25. The molecule has 1 saturated carbocycles. The highest BCUT2D eigenvalue weighted by Crippen LogP contribution is 2.22. The fourth-order valence-electron chi connectivity index (χ4n) is 3.50. The molecule has 0 amide bonds. The van der Waals surface area contributed by atoms with Crippen LogP contribution >= 0.6 is 0 Å². The van der Waals surface area contributed by atoms with E-state index >= 15 is 0 Å². The largest absolute Gasteiger partial charge is 0.351 e. The lowest BCUT2D eigenvalue weighted by Crippen LogP contribution is -2.20. The van der Waals surface area contributed by atoms with Gasteiger partial charge in [0.15, 0.2) is 0 Å². The molecule has 0 saturated heterocycles. The van der Waals surface area contributed by atoms with Crippen LogP contribution in [0.25, 0.3) is 0 Å². The van der Waals surface area contributed by atoms with E-state index in [1.165, 1.54) is 49.7 Å². The summed E-state index contributed by atoms with van der Waals surface area (Å²) in [5.74, 6) is 1.59. The van der Waals surface area contributed by atoms with Crippen molar-refractivity contribution in [1.82, 2.24) is 9.97 Å². The third-order valence-corrected chi connectivity index (χ3v) is 4.54. The molecule has 1 aromatic heterocycles. The first-order chi connectivity index (χ1) is 11.6. The van der Waals surface area contributed by atoms with E-state index in [9.17, 15) is 0 Å². The molecule has 1 aromatic carbocycles. The number of nitrogens with one attached hydrogen (secondary N) is 2. The molecule has 2 N–H and O–H groups in total. The molecule has 0 aliphatic heterocycles. The second kappa shape index (κ2) is 7.65. The van der Waals surface area contributed by atoms with Crippen molar-refractivity contribution in [3.8, 4) is 0 Å². The maximum Gasteiger partial charge on any atom is 0.225 e. The quantitative estimate of drug-likeness (QED) is 0.751. The van der Waals surface area contributed by atoms with Crippen molar-refractivity contribution in [1.29, 1.82) is 0 Å². The Morgan fingerprint density at radius 1 is 0.833 bits per heavy atom. The summed E-state index contributed by atoms with van der Waals surface area (Å²) < 4.78 is 0. The molecule has 4 heteroatoms. The predicted octanol–water partition coefficient (Wildman–Crippen LogP) is 5.28. The standard InChI is InChI=1S/C20H28N4/c1-14-10-15(2)12-18(11-14)22-19-13-16(3)21-20(24-19)23-17-8-6-4-5-7-9-17/h10-13,17H,4-9H2,1-3H3,(H2,21,22,23,24). The molecule has 0 bridgehead atoms. The SMILES string of the molecule is Cc1cc(C)cc(Nc2cc(C)nc(NC3CCCCCC3)n2)c1. The Morgan fingerprint density at radius 2 is 1.50 bits per heavy atom. The zero-order valence-electron chi connectivity index (χ0n) is 15.0. The summed E-state index contributed by atoms with van der Waals surface area (Å²) in [7, 11) is 0. The summed E-state index contributed by atoms with van der Waals surface area (Å²) in [5, 5.41) is 6.97. The maximum atomic E-state index is 4.68. The van der Waals surface area contributed by atoms with E-state index in [1.54, 1.807) is 0 Å². The van der Waals surface area contributed by atoms with Crippen LogP contribution in [0.3, 0.4) is 0 Å². The van der Waals surface area contributed by atoms with E-state index in [1.807, 2.05) is 13.0 Å². The monoisotopic (exact) mass is 324 g/mol. The molecule has 2 aromatic rings. The van der Waals surface area contributed by atoms with Crippen molar-refractivity contribution in [2.45, 2.75) is 65.3 Å². The first-order valence-corrected chi connectivity index (χ1v) is 9.06. The van der Waals surface area contributed by atoms with Crippen molar-refractivity contribution in [2.75, 3.05) is 10.6 Å². The minimum atomic E-state index is 0.503. The van der Waals surface area contributed by atoms with Crippen molar-refractivity contribution in [3.05, 3.63) is 41.1 Å². The van der Waals surface area contributed by atoms with Gasteiger partial charge in [-0.1, -0.05) is 31.7 Å². The fourth-order valence-corrected chi connectivity index (χ4v) is 3.50. The molecule has 1 fully saturated rings. The summed E-state index contributed by atoms with van der Waals surface area (Å²) in [5.41, 5.74) is 4.55. The number of hydrogen-bond acceptors (Lipinski definition) is 4. The van der Waals surface area contributed by atoms with Crippen molar-refractivity contribution < 1.29 is 0 Å². The number of benzene rings is 1. The Kier molecular flexibility index (Phi) is 5.34. The normalized spacial score (nSPS) is 15.8. The molecule has 0 radical (unpaired) electrons. The topological polar surface area (TPSA) is 49.8 Å². The molecule has 1 aliphatic rings. The Hall–Kier alpha value is -2.10. The third kappa shape index (κ3) is 4.70. The van der Waals surface area contributed by atoms with Crippen LogP contribution in [0.15, 0.2) is 24.3 Å². The Balaban J connectivity index is 1.75. The summed E-state index contributed by atoms with van der Waals surface area (Å²) >= 11 is 0. The number of aromatic nitrogens is 2. The van der Waals surface area contributed by atoms with E-state index in [-0.39, 0.29) is 0 Å². The van der Waals surface area contributed by atoms with Crippen LogP contribution in [-0.2, 0) is 0 Å². The zero-order chi connectivity index (χ0) is 16.9. The van der Waals surface area contributed by atoms with Crippen molar-refractivity contribution in [3.63, 3.8) is 0 Å². The van der Waals surface area contributed by atoms with Crippen molar-refractivity contribution >= 4 is 17.5 Å². The number of hydrogen-bond donors (Lipinski definition) is 2. The first kappa shape index (κ1) is 16.7. The summed E-state index contributed by atoms with van der Waals surface area (Å²) in [4.78, 5) is 9.25. The lowest BCUT2D eigenvalue weighted by molar-refractivity contribution is 0.614. The minimum Gasteiger partial charge on any atom is -0.351 e. The maximum absolute atomic E-state index is 4.68. The van der Waals surface area contributed by atoms with Crippen LogP contribution in [0.2, 0.25) is 0 Å². The smallest absolute Gasteiger partial charge is 0.225 e. The summed E-state index contributed by atoms with van der Waals surface area (Å²) in [6, 6.07) is 8.96. The average Bonchev–Trinajstić information content (AvgIpc) is 2.74. The molecule has 24 heavy (non-hydrogen) atoms. The van der Waals surface area contributed by atoms with Crippen LogP contribution in [0, 0.1) is 20.8 Å². The highest BCUT2D eigenvalue weighted by molar-refractivity contribution is 5.59. The van der Waals surface area contributed by atoms with Crippen LogP contribution in [0.4, 0.5) is 17.5 Å². The number of aryl methyl sites for hydroxylation is 3. The van der Waals surface area contributed by atoms with E-state index in [2.05, 4.69) is 52.6 Å². The van der Waals surface area contributed by atoms with Gasteiger partial charge in [-0.2, -0.15) is 4.98 Å². The molecule has 3 rings (SSSR count). The summed E-state index contributed by atoms with van der Waals surface area (Å²) in [6.07, 6.45) is 7.75. The molecule has 4 nitrogen and oxygen atoms in total. The van der Waals surface area contributed by atoms with Gasteiger partial charge in [-0.3, -0.25) is 0 Å². The van der Waals surface area contributed by atoms with Gasteiger partial charge in [0.25, 0.3) is 0 Å². The lowest BCUT2D eigenvalue weighted by atomic mass is 10.1. The molecular formula is C20H28N4. The Morgan fingerprint density at radius 3 is 2.17 bits per heavy atom. The van der Waals surface area contributed by atoms with Gasteiger partial charge in [-0.15, -0.1) is 0 Å². The predicted molar refractivity (Wildman–Crippen MR) is 101 cm³/mol. The third-order valence-electron chi connectivity index (χ3n) is 4.54. The lowest BCUT2D eigenvalue weighted by Gasteiger charge is -2.17. The van der Waals surface area contributed by atoms with Crippen LogP contribution in [0.5, 0.6) is 0 Å². The number of anilines is 3. The van der Waals surface area contributed by atoms with Gasteiger partial charge < -0.3 is 10.6 Å². The van der Waals surface area contributed by atoms with Gasteiger partial charge in [0.1, 0.15) is 5.82 Å². The van der Waals surface area contributed by atoms with Gasteiger partial charge in [0.2, 0.25) is 5.95 Å². The number of nitrogens with zero attached hydrogens (tertiary/aromatic N) is 2. The highest BCUT2D eigenvalue weighted by atomic mass is 15.2. The van der Waals surface area contributed by atoms with E-state index in [0.717, 1.165) is 23.1 Å². The van der Waals surface area contributed by atoms with Crippen LogP contribution < -0.4 is 10.6 Å². The van der Waals surface area contributed by atoms with Crippen LogP contribution in [-0.4, -0.2) is 16.0 Å². The molecule has 1 aliphatic carbocycles. The molecule has 128 valence electrons. The van der Waals surface area contributed by atoms with E-state index < -0.39 is 0 Å². The molecular weight excluding hydrogens is 296 g/mol. The number of rotatable bonds is 4. The van der Waals surface area contributed by atoms with Crippen molar-refractivity contribution in [2.24, 2.45) is 0 Å².